The number of hydrogen-bond donors (Lipinski definition) is 2. The molecule has 0 aromatic heterocycles. The standard InChI is InChI=1S/C23H30F6N2O2S/c1-14(2)34-21(6-3-19(12-21)31-18-4-7-33-8-5-18)20(32)30-13-15-9-16(22(24,25)26)11-17(10-15)23(27,28)29/h9-11,14,18-19,31H,3-8,12-13H2,1-2H3,(H,30,32)/t19-,21?/m1/s1. The Hall–Kier alpha value is -1.46. The van der Waals surface area contributed by atoms with Crippen molar-refractivity contribution in [2.24, 2.45) is 0 Å². The summed E-state index contributed by atoms with van der Waals surface area (Å²) in [6.07, 6.45) is -6.17. The number of carbonyl (C=O) groups excluding carboxylic acids is 1. The van der Waals surface area contributed by atoms with E-state index in [2.05, 4.69) is 10.6 Å². The van der Waals surface area contributed by atoms with Crippen molar-refractivity contribution in [3.8, 4) is 0 Å². The van der Waals surface area contributed by atoms with E-state index in [0.717, 1.165) is 19.3 Å². The van der Waals surface area contributed by atoms with Gasteiger partial charge in [0.05, 0.1) is 15.9 Å². The fourth-order valence-corrected chi connectivity index (χ4v) is 6.25. The number of benzene rings is 1. The van der Waals surface area contributed by atoms with Gasteiger partial charge >= 0.3 is 12.4 Å². The summed E-state index contributed by atoms with van der Waals surface area (Å²) < 4.78 is 83.5. The van der Waals surface area contributed by atoms with E-state index in [1.807, 2.05) is 13.8 Å². The number of carbonyl (C=O) groups is 1. The molecule has 0 spiro atoms. The Morgan fingerprint density at radius 3 is 2.15 bits per heavy atom. The first-order valence-electron chi connectivity index (χ1n) is 11.4. The van der Waals surface area contributed by atoms with Crippen LogP contribution in [0.15, 0.2) is 18.2 Å². The molecule has 0 radical (unpaired) electrons. The number of hydrogen-bond acceptors (Lipinski definition) is 4. The molecule has 1 unspecified atom stereocenters. The number of nitrogens with one attached hydrogen (secondary N) is 2. The normalized spacial score (nSPS) is 24.6. The third-order valence-electron chi connectivity index (χ3n) is 6.14. The fraction of sp³-hybridized carbons (Fsp3) is 0.696. The summed E-state index contributed by atoms with van der Waals surface area (Å²) in [7, 11) is 0. The minimum atomic E-state index is -4.93. The van der Waals surface area contributed by atoms with E-state index in [1.54, 1.807) is 0 Å². The number of amides is 1. The minimum Gasteiger partial charge on any atom is -0.381 e. The highest BCUT2D eigenvalue weighted by molar-refractivity contribution is 8.02. The van der Waals surface area contributed by atoms with Gasteiger partial charge in [-0.15, -0.1) is 11.8 Å². The van der Waals surface area contributed by atoms with Gasteiger partial charge in [0, 0.05) is 37.1 Å². The second-order valence-electron chi connectivity index (χ2n) is 9.25. The highest BCUT2D eigenvalue weighted by Gasteiger charge is 2.46. The molecular weight excluding hydrogens is 482 g/mol. The molecule has 2 aliphatic rings. The van der Waals surface area contributed by atoms with E-state index in [1.165, 1.54) is 11.8 Å². The van der Waals surface area contributed by atoms with Gasteiger partial charge in [-0.1, -0.05) is 13.8 Å². The largest absolute Gasteiger partial charge is 0.416 e. The second-order valence-corrected chi connectivity index (χ2v) is 11.2. The number of ether oxygens (including phenoxy) is 1. The topological polar surface area (TPSA) is 50.4 Å². The molecule has 0 bridgehead atoms. The quantitative estimate of drug-likeness (QED) is 0.471. The lowest BCUT2D eigenvalue weighted by molar-refractivity contribution is -0.143. The Morgan fingerprint density at radius 2 is 1.62 bits per heavy atom. The zero-order valence-electron chi connectivity index (χ0n) is 19.1. The van der Waals surface area contributed by atoms with E-state index >= 15 is 0 Å². The van der Waals surface area contributed by atoms with Crippen molar-refractivity contribution in [1.29, 1.82) is 0 Å². The molecule has 1 aliphatic carbocycles. The van der Waals surface area contributed by atoms with Crippen LogP contribution >= 0.6 is 11.8 Å². The number of thioether (sulfide) groups is 1. The molecule has 1 heterocycles. The molecule has 192 valence electrons. The molecule has 3 rings (SSSR count). The summed E-state index contributed by atoms with van der Waals surface area (Å²) in [5.74, 6) is -0.353. The first-order valence-corrected chi connectivity index (χ1v) is 12.2. The van der Waals surface area contributed by atoms with Crippen LogP contribution in [-0.4, -0.2) is 41.2 Å². The first-order chi connectivity index (χ1) is 15.8. The molecule has 34 heavy (non-hydrogen) atoms. The van der Waals surface area contributed by atoms with Gasteiger partial charge in [0.2, 0.25) is 5.91 Å². The molecule has 2 fully saturated rings. The van der Waals surface area contributed by atoms with Crippen LogP contribution in [0.25, 0.3) is 0 Å². The Balaban J connectivity index is 1.73. The summed E-state index contributed by atoms with van der Waals surface area (Å²) in [5.41, 5.74) is -3.02. The lowest BCUT2D eigenvalue weighted by Crippen LogP contribution is -2.46. The molecule has 2 N–H and O–H groups in total. The van der Waals surface area contributed by atoms with Crippen molar-refractivity contribution in [3.63, 3.8) is 0 Å². The maximum Gasteiger partial charge on any atom is 0.416 e. The molecule has 1 aromatic rings. The van der Waals surface area contributed by atoms with Crippen LogP contribution in [-0.2, 0) is 28.4 Å². The molecule has 4 nitrogen and oxygen atoms in total. The average Bonchev–Trinajstić information content (AvgIpc) is 3.14. The molecule has 1 saturated heterocycles. The smallest absolute Gasteiger partial charge is 0.381 e. The van der Waals surface area contributed by atoms with Crippen LogP contribution in [0.5, 0.6) is 0 Å². The lowest BCUT2D eigenvalue weighted by Gasteiger charge is -2.31. The zero-order valence-corrected chi connectivity index (χ0v) is 19.9. The molecule has 2 atom stereocenters. The fourth-order valence-electron chi connectivity index (χ4n) is 4.63. The molecule has 1 amide bonds. The summed E-state index contributed by atoms with van der Waals surface area (Å²) in [4.78, 5) is 13.3. The highest BCUT2D eigenvalue weighted by atomic mass is 32.2. The minimum absolute atomic E-state index is 0.0883. The lowest BCUT2D eigenvalue weighted by atomic mass is 10.0. The van der Waals surface area contributed by atoms with E-state index in [-0.39, 0.29) is 28.8 Å². The van der Waals surface area contributed by atoms with Gasteiger partial charge in [0.1, 0.15) is 0 Å². The van der Waals surface area contributed by atoms with Crippen molar-refractivity contribution >= 4 is 17.7 Å². The Morgan fingerprint density at radius 1 is 1.03 bits per heavy atom. The molecule has 11 heteroatoms. The third kappa shape index (κ3) is 7.04. The van der Waals surface area contributed by atoms with Gasteiger partial charge in [0.15, 0.2) is 0 Å². The predicted octanol–water partition coefficient (Wildman–Crippen LogP) is 5.54. The predicted molar refractivity (Wildman–Crippen MR) is 118 cm³/mol. The van der Waals surface area contributed by atoms with Crippen molar-refractivity contribution in [2.75, 3.05) is 13.2 Å². The zero-order chi connectivity index (χ0) is 25.1. The van der Waals surface area contributed by atoms with Gasteiger partial charge in [-0.05, 0) is 55.9 Å². The van der Waals surface area contributed by atoms with Gasteiger partial charge in [-0.3, -0.25) is 4.79 Å². The van der Waals surface area contributed by atoms with Crippen molar-refractivity contribution in [3.05, 3.63) is 34.9 Å². The maximum atomic E-state index is 13.3. The first kappa shape index (κ1) is 27.1. The number of alkyl halides is 6. The molecule has 1 aromatic carbocycles. The average molecular weight is 513 g/mol. The number of halogens is 6. The van der Waals surface area contributed by atoms with E-state index < -0.39 is 34.8 Å². The van der Waals surface area contributed by atoms with Crippen molar-refractivity contribution in [1.82, 2.24) is 10.6 Å². The second kappa shape index (κ2) is 10.7. The molecule has 1 saturated carbocycles. The summed E-state index contributed by atoms with van der Waals surface area (Å²) >= 11 is 1.50. The van der Waals surface area contributed by atoms with Crippen LogP contribution in [0, 0.1) is 0 Å². The van der Waals surface area contributed by atoms with Gasteiger partial charge < -0.3 is 15.4 Å². The number of rotatable bonds is 7. The van der Waals surface area contributed by atoms with Gasteiger partial charge in [-0.2, -0.15) is 26.3 Å². The summed E-state index contributed by atoms with van der Waals surface area (Å²) in [6.45, 7) is 4.88. The Kier molecular flexibility index (Phi) is 8.50. The third-order valence-corrected chi connectivity index (χ3v) is 7.62. The van der Waals surface area contributed by atoms with Crippen LogP contribution < -0.4 is 10.6 Å². The van der Waals surface area contributed by atoms with Crippen LogP contribution in [0.3, 0.4) is 0 Å². The van der Waals surface area contributed by atoms with E-state index in [9.17, 15) is 31.1 Å². The van der Waals surface area contributed by atoms with E-state index in [4.69, 9.17) is 4.74 Å². The van der Waals surface area contributed by atoms with Crippen LogP contribution in [0.4, 0.5) is 26.3 Å². The molecular formula is C23H30F6N2O2S. The molecule has 1 aliphatic heterocycles. The van der Waals surface area contributed by atoms with Crippen LogP contribution in [0.1, 0.15) is 62.6 Å². The maximum absolute atomic E-state index is 13.3. The van der Waals surface area contributed by atoms with Crippen molar-refractivity contribution < 1.29 is 35.9 Å². The SMILES string of the molecule is CC(C)SC1(C(=O)NCc2cc(C(F)(F)F)cc(C(F)(F)F)c2)CC[C@@H](NC2CCOCC2)C1. The Labute approximate surface area is 199 Å². The summed E-state index contributed by atoms with van der Waals surface area (Å²) in [5, 5.41) is 6.35. The summed E-state index contributed by atoms with van der Waals surface area (Å²) in [6, 6.07) is 1.83. The van der Waals surface area contributed by atoms with Gasteiger partial charge in [0.25, 0.3) is 0 Å². The van der Waals surface area contributed by atoms with Gasteiger partial charge in [-0.25, -0.2) is 0 Å². The highest BCUT2D eigenvalue weighted by Crippen LogP contribution is 2.44. The van der Waals surface area contributed by atoms with Crippen LogP contribution in [0.2, 0.25) is 0 Å². The Bertz CT molecular complexity index is 823. The van der Waals surface area contributed by atoms with Crippen molar-refractivity contribution in [2.45, 2.75) is 86.9 Å². The van der Waals surface area contributed by atoms with E-state index in [0.29, 0.717) is 44.2 Å². The monoisotopic (exact) mass is 512 g/mol.